The molecule has 0 bridgehead atoms. The van der Waals surface area contributed by atoms with Crippen molar-refractivity contribution in [2.24, 2.45) is 11.8 Å². The van der Waals surface area contributed by atoms with Gasteiger partial charge in [-0.1, -0.05) is 11.6 Å². The summed E-state index contributed by atoms with van der Waals surface area (Å²) in [6.07, 6.45) is -0.433. The molecule has 1 unspecified atom stereocenters. The maximum Gasteiger partial charge on any atom is 0.419 e. The van der Waals surface area contributed by atoms with Crippen LogP contribution in [-0.2, 0) is 6.18 Å². The van der Waals surface area contributed by atoms with Crippen LogP contribution in [0.5, 0.6) is 0 Å². The van der Waals surface area contributed by atoms with Crippen LogP contribution in [0.3, 0.4) is 0 Å². The molecule has 2 N–H and O–H groups in total. The molecule has 2 aromatic rings. The zero-order chi connectivity index (χ0) is 19.5. The Labute approximate surface area is 154 Å². The fourth-order valence-corrected chi connectivity index (χ4v) is 3.92. The largest absolute Gasteiger partial charge is 0.419 e. The predicted octanol–water partition coefficient (Wildman–Crippen LogP) is 4.31. The first-order valence-corrected chi connectivity index (χ1v) is 8.74. The third-order valence-corrected chi connectivity index (χ3v) is 5.24. The van der Waals surface area contributed by atoms with Crippen molar-refractivity contribution in [3.8, 4) is 17.3 Å². The SMILES string of the molecule is CC(C)n1nc(-c2cnc(N)c(C(F)(F)F)c2)cc1[C@@H]1C2=CC(C#N)C[C@H]21. The minimum atomic E-state index is -4.57. The number of hydrogen-bond acceptors (Lipinski definition) is 4. The molecule has 27 heavy (non-hydrogen) atoms. The summed E-state index contributed by atoms with van der Waals surface area (Å²) in [4.78, 5) is 3.71. The maximum absolute atomic E-state index is 13.1. The highest BCUT2D eigenvalue weighted by molar-refractivity contribution is 5.64. The number of nitrogens with zero attached hydrogens (tertiary/aromatic N) is 4. The van der Waals surface area contributed by atoms with Crippen molar-refractivity contribution in [1.82, 2.24) is 14.8 Å². The molecule has 1 saturated carbocycles. The minimum Gasteiger partial charge on any atom is -0.383 e. The smallest absolute Gasteiger partial charge is 0.383 e. The van der Waals surface area contributed by atoms with E-state index in [4.69, 9.17) is 11.0 Å². The molecule has 8 heteroatoms. The zero-order valence-corrected chi connectivity index (χ0v) is 14.8. The average molecular weight is 373 g/mol. The van der Waals surface area contributed by atoms with Gasteiger partial charge in [0.25, 0.3) is 0 Å². The number of alkyl halides is 3. The van der Waals surface area contributed by atoms with E-state index in [9.17, 15) is 13.2 Å². The Morgan fingerprint density at radius 3 is 2.63 bits per heavy atom. The monoisotopic (exact) mass is 373 g/mol. The highest BCUT2D eigenvalue weighted by atomic mass is 19.4. The van der Waals surface area contributed by atoms with Gasteiger partial charge in [-0.2, -0.15) is 23.5 Å². The molecule has 2 aromatic heterocycles. The predicted molar refractivity (Wildman–Crippen MR) is 93.3 cm³/mol. The third kappa shape index (κ3) is 2.87. The van der Waals surface area contributed by atoms with Crippen molar-refractivity contribution < 1.29 is 13.2 Å². The molecular formula is C19H18F3N5. The molecule has 2 aliphatic carbocycles. The van der Waals surface area contributed by atoms with Crippen LogP contribution < -0.4 is 5.73 Å². The molecule has 0 spiro atoms. The molecule has 2 heterocycles. The van der Waals surface area contributed by atoms with E-state index < -0.39 is 17.6 Å². The van der Waals surface area contributed by atoms with E-state index in [0.717, 1.165) is 18.2 Å². The number of fused-ring (bicyclic) bond motifs is 1. The van der Waals surface area contributed by atoms with E-state index in [1.807, 2.05) is 30.7 Å². The van der Waals surface area contributed by atoms with Crippen LogP contribution in [0.1, 0.15) is 43.5 Å². The first-order valence-electron chi connectivity index (χ1n) is 8.74. The molecule has 4 rings (SSSR count). The Morgan fingerprint density at radius 2 is 2.07 bits per heavy atom. The van der Waals surface area contributed by atoms with Gasteiger partial charge >= 0.3 is 6.18 Å². The van der Waals surface area contributed by atoms with Gasteiger partial charge < -0.3 is 5.73 Å². The van der Waals surface area contributed by atoms with Gasteiger partial charge in [-0.25, -0.2) is 4.98 Å². The van der Waals surface area contributed by atoms with Crippen LogP contribution in [0.2, 0.25) is 0 Å². The van der Waals surface area contributed by atoms with Crippen LogP contribution in [0.4, 0.5) is 19.0 Å². The Bertz CT molecular complexity index is 980. The van der Waals surface area contributed by atoms with Crippen molar-refractivity contribution >= 4 is 5.82 Å². The summed E-state index contributed by atoms with van der Waals surface area (Å²) in [6, 6.07) is 5.16. The Kier molecular flexibility index (Phi) is 3.81. The number of aromatic nitrogens is 3. The molecule has 0 amide bonds. The first-order chi connectivity index (χ1) is 12.7. The first kappa shape index (κ1) is 17.6. The summed E-state index contributed by atoms with van der Waals surface area (Å²) in [6.45, 7) is 3.96. The van der Waals surface area contributed by atoms with Crippen LogP contribution in [-0.4, -0.2) is 14.8 Å². The number of halogens is 3. The molecular weight excluding hydrogens is 355 g/mol. The molecule has 0 aliphatic heterocycles. The van der Waals surface area contributed by atoms with Crippen molar-refractivity contribution in [3.05, 3.63) is 41.2 Å². The zero-order valence-electron chi connectivity index (χ0n) is 14.8. The summed E-state index contributed by atoms with van der Waals surface area (Å²) >= 11 is 0. The van der Waals surface area contributed by atoms with Crippen molar-refractivity contribution in [1.29, 1.82) is 5.26 Å². The highest BCUT2D eigenvalue weighted by Gasteiger charge is 2.51. The Morgan fingerprint density at radius 1 is 1.33 bits per heavy atom. The van der Waals surface area contributed by atoms with Crippen molar-refractivity contribution in [2.45, 2.75) is 38.4 Å². The van der Waals surface area contributed by atoms with Crippen LogP contribution in [0, 0.1) is 23.2 Å². The number of pyridine rings is 1. The fourth-order valence-electron chi connectivity index (χ4n) is 3.92. The fraction of sp³-hybridized carbons (Fsp3) is 0.421. The summed E-state index contributed by atoms with van der Waals surface area (Å²) in [5.74, 6) is -0.0416. The summed E-state index contributed by atoms with van der Waals surface area (Å²) in [7, 11) is 0. The standard InChI is InChI=1S/C19H18F3N5/c1-9(2)27-16(17-12-3-10(7-23)4-13(12)17)6-15(26-27)11-5-14(19(20,21)22)18(24)25-8-11/h3,5-6,8-10,13,17H,4H2,1-2H3,(H2,24,25)/t10?,13-,17-/m1/s1. The normalized spacial score (nSPS) is 23.9. The van der Waals surface area contributed by atoms with Gasteiger partial charge in [0.15, 0.2) is 0 Å². The highest BCUT2D eigenvalue weighted by Crippen LogP contribution is 2.61. The minimum absolute atomic E-state index is 0.0354. The molecule has 0 radical (unpaired) electrons. The van der Waals surface area contributed by atoms with E-state index in [1.54, 1.807) is 0 Å². The van der Waals surface area contributed by atoms with Crippen LogP contribution >= 0.6 is 0 Å². The van der Waals surface area contributed by atoms with E-state index in [-0.39, 0.29) is 23.4 Å². The number of nitrogen functional groups attached to an aromatic ring is 1. The topological polar surface area (TPSA) is 80.5 Å². The number of nitrogens with two attached hydrogens (primary N) is 1. The molecule has 1 fully saturated rings. The Hall–Kier alpha value is -2.82. The van der Waals surface area contributed by atoms with E-state index in [2.05, 4.69) is 16.2 Å². The summed E-state index contributed by atoms with van der Waals surface area (Å²) in [5.41, 5.74) is 7.37. The van der Waals surface area contributed by atoms with Gasteiger partial charge in [0.1, 0.15) is 5.82 Å². The number of nitriles is 1. The lowest BCUT2D eigenvalue weighted by Gasteiger charge is -2.11. The number of allylic oxidation sites excluding steroid dienone is 2. The number of hydrogen-bond donors (Lipinski definition) is 1. The van der Waals surface area contributed by atoms with E-state index in [0.29, 0.717) is 11.6 Å². The number of rotatable bonds is 3. The van der Waals surface area contributed by atoms with Gasteiger partial charge in [-0.15, -0.1) is 0 Å². The Balaban J connectivity index is 1.74. The third-order valence-electron chi connectivity index (χ3n) is 5.24. The van der Waals surface area contributed by atoms with Gasteiger partial charge in [0.2, 0.25) is 0 Å². The molecule has 140 valence electrons. The van der Waals surface area contributed by atoms with Crippen LogP contribution in [0.15, 0.2) is 30.0 Å². The lowest BCUT2D eigenvalue weighted by atomic mass is 10.0. The molecule has 2 aliphatic rings. The molecule has 5 nitrogen and oxygen atoms in total. The van der Waals surface area contributed by atoms with Gasteiger partial charge in [0, 0.05) is 29.4 Å². The van der Waals surface area contributed by atoms with E-state index >= 15 is 0 Å². The lowest BCUT2D eigenvalue weighted by molar-refractivity contribution is -0.137. The van der Waals surface area contributed by atoms with Gasteiger partial charge in [-0.05, 0) is 38.3 Å². The second-order valence-electron chi connectivity index (χ2n) is 7.37. The summed E-state index contributed by atoms with van der Waals surface area (Å²) < 4.78 is 41.3. The number of anilines is 1. The summed E-state index contributed by atoms with van der Waals surface area (Å²) in [5, 5.41) is 13.6. The van der Waals surface area contributed by atoms with Crippen LogP contribution in [0.25, 0.3) is 11.3 Å². The second-order valence-corrected chi connectivity index (χ2v) is 7.37. The lowest BCUT2D eigenvalue weighted by Crippen LogP contribution is -2.10. The molecule has 0 saturated heterocycles. The van der Waals surface area contributed by atoms with Crippen molar-refractivity contribution in [2.75, 3.05) is 5.73 Å². The van der Waals surface area contributed by atoms with Gasteiger partial charge in [0.05, 0.1) is 23.2 Å². The molecule has 3 atom stereocenters. The maximum atomic E-state index is 13.1. The van der Waals surface area contributed by atoms with E-state index in [1.165, 1.54) is 11.8 Å². The quantitative estimate of drug-likeness (QED) is 0.813. The van der Waals surface area contributed by atoms with Gasteiger partial charge in [-0.3, -0.25) is 4.68 Å². The van der Waals surface area contributed by atoms with Crippen molar-refractivity contribution in [3.63, 3.8) is 0 Å². The molecule has 0 aromatic carbocycles. The average Bonchev–Trinajstić information content (AvgIpc) is 2.99. The second kappa shape index (κ2) is 5.84.